The molecule has 8 aromatic carbocycles. The monoisotopic (exact) mass is 691 g/mol. The number of anilines is 3. The first-order valence-corrected chi connectivity index (χ1v) is 19.0. The van der Waals surface area contributed by atoms with Crippen LogP contribution in [0.5, 0.6) is 0 Å². The van der Waals surface area contributed by atoms with Crippen molar-refractivity contribution >= 4 is 17.1 Å². The summed E-state index contributed by atoms with van der Waals surface area (Å²) < 4.78 is 0. The Morgan fingerprint density at radius 1 is 0.352 bits per heavy atom. The maximum absolute atomic E-state index is 2.51. The van der Waals surface area contributed by atoms with Crippen molar-refractivity contribution in [1.82, 2.24) is 0 Å². The summed E-state index contributed by atoms with van der Waals surface area (Å²) in [6.07, 6.45) is 0. The fourth-order valence-corrected chi connectivity index (χ4v) is 9.13. The summed E-state index contributed by atoms with van der Waals surface area (Å²) in [6, 6.07) is 71.9. The summed E-state index contributed by atoms with van der Waals surface area (Å²) in [5.41, 5.74) is 19.9. The van der Waals surface area contributed by atoms with E-state index in [0.717, 1.165) is 17.1 Å². The van der Waals surface area contributed by atoms with E-state index in [1.165, 1.54) is 72.3 Å². The summed E-state index contributed by atoms with van der Waals surface area (Å²) in [4.78, 5) is 2.45. The Bertz CT molecular complexity index is 2630. The molecule has 258 valence electrons. The van der Waals surface area contributed by atoms with Crippen LogP contribution in [0.1, 0.15) is 48.6 Å². The van der Waals surface area contributed by atoms with E-state index >= 15 is 0 Å². The predicted molar refractivity (Wildman–Crippen MR) is 227 cm³/mol. The SMILES string of the molecule is CC(C)(C)c1ccc2c(c1)C1(c3ccccc3-c3ccccc31)c1ccc(N(c3ccc(-c4ccccc4)cc3)c3ccccc3-c3ccccc3)cc1-2. The van der Waals surface area contributed by atoms with E-state index in [0.29, 0.717) is 0 Å². The standard InChI is InChI=1S/C53H41N/c1-52(2,3)39-28-32-45-46-35-41(31-33-49(46)53(50(45)34-39)47-23-13-10-21-43(47)44-22-11-14-24-48(44)53)54(40-29-26-37(27-30-40)36-16-6-4-7-17-36)51-25-15-12-20-42(51)38-18-8-5-9-19-38/h4-35H,1-3H3. The zero-order valence-corrected chi connectivity index (χ0v) is 30.9. The molecule has 2 aliphatic carbocycles. The quantitative estimate of drug-likeness (QED) is 0.174. The molecule has 0 aliphatic heterocycles. The van der Waals surface area contributed by atoms with Crippen LogP contribution in [-0.4, -0.2) is 0 Å². The van der Waals surface area contributed by atoms with Gasteiger partial charge < -0.3 is 4.90 Å². The number of nitrogens with zero attached hydrogens (tertiary/aromatic N) is 1. The Morgan fingerprint density at radius 2 is 0.852 bits per heavy atom. The summed E-state index contributed by atoms with van der Waals surface area (Å²) in [5, 5.41) is 0. The minimum absolute atomic E-state index is 0.0116. The molecule has 0 unspecified atom stereocenters. The van der Waals surface area contributed by atoms with Crippen molar-refractivity contribution in [3.8, 4) is 44.5 Å². The summed E-state index contributed by atoms with van der Waals surface area (Å²) in [5.74, 6) is 0. The lowest BCUT2D eigenvalue weighted by Gasteiger charge is -2.32. The molecule has 0 atom stereocenters. The van der Waals surface area contributed by atoms with Gasteiger partial charge in [0.15, 0.2) is 0 Å². The fourth-order valence-electron chi connectivity index (χ4n) is 9.13. The average molecular weight is 692 g/mol. The third-order valence-corrected chi connectivity index (χ3v) is 11.7. The van der Waals surface area contributed by atoms with Crippen molar-refractivity contribution in [2.45, 2.75) is 31.6 Å². The van der Waals surface area contributed by atoms with Crippen LogP contribution in [0.15, 0.2) is 194 Å². The zero-order chi connectivity index (χ0) is 36.4. The summed E-state index contributed by atoms with van der Waals surface area (Å²) >= 11 is 0. The highest BCUT2D eigenvalue weighted by atomic mass is 15.1. The van der Waals surface area contributed by atoms with Crippen LogP contribution in [0.4, 0.5) is 17.1 Å². The van der Waals surface area contributed by atoms with Crippen LogP contribution in [-0.2, 0) is 10.8 Å². The van der Waals surface area contributed by atoms with Crippen LogP contribution < -0.4 is 4.90 Å². The maximum atomic E-state index is 2.51. The number of fused-ring (bicyclic) bond motifs is 10. The number of hydrogen-bond donors (Lipinski definition) is 0. The van der Waals surface area contributed by atoms with E-state index in [1.54, 1.807) is 0 Å². The molecule has 1 heteroatoms. The molecule has 54 heavy (non-hydrogen) atoms. The van der Waals surface area contributed by atoms with Gasteiger partial charge in [-0.05, 0) is 103 Å². The van der Waals surface area contributed by atoms with Gasteiger partial charge in [-0.1, -0.05) is 185 Å². The van der Waals surface area contributed by atoms with Gasteiger partial charge in [0.2, 0.25) is 0 Å². The predicted octanol–water partition coefficient (Wildman–Crippen LogP) is 14.1. The molecule has 0 saturated heterocycles. The van der Waals surface area contributed by atoms with E-state index in [-0.39, 0.29) is 5.41 Å². The van der Waals surface area contributed by atoms with Crippen LogP contribution >= 0.6 is 0 Å². The van der Waals surface area contributed by atoms with Gasteiger partial charge in [0.1, 0.15) is 0 Å². The highest BCUT2D eigenvalue weighted by Gasteiger charge is 2.52. The van der Waals surface area contributed by atoms with Crippen molar-refractivity contribution in [3.05, 3.63) is 222 Å². The van der Waals surface area contributed by atoms with Crippen molar-refractivity contribution in [1.29, 1.82) is 0 Å². The molecule has 0 saturated carbocycles. The van der Waals surface area contributed by atoms with Gasteiger partial charge in [0.25, 0.3) is 0 Å². The maximum Gasteiger partial charge on any atom is 0.0725 e. The van der Waals surface area contributed by atoms with Crippen LogP contribution in [0, 0.1) is 0 Å². The molecule has 0 bridgehead atoms. The fraction of sp³-hybridized carbons (Fsp3) is 0.0943. The Morgan fingerprint density at radius 3 is 1.50 bits per heavy atom. The van der Waals surface area contributed by atoms with E-state index < -0.39 is 5.41 Å². The number of para-hydroxylation sites is 1. The van der Waals surface area contributed by atoms with Crippen molar-refractivity contribution in [3.63, 3.8) is 0 Å². The van der Waals surface area contributed by atoms with Gasteiger partial charge in [-0.3, -0.25) is 0 Å². The molecular formula is C53H41N. The highest BCUT2D eigenvalue weighted by molar-refractivity contribution is 5.97. The molecule has 2 aliphatic rings. The van der Waals surface area contributed by atoms with E-state index in [9.17, 15) is 0 Å². The summed E-state index contributed by atoms with van der Waals surface area (Å²) in [7, 11) is 0. The topological polar surface area (TPSA) is 3.24 Å². The molecule has 10 rings (SSSR count). The van der Waals surface area contributed by atoms with Crippen molar-refractivity contribution < 1.29 is 0 Å². The van der Waals surface area contributed by atoms with Gasteiger partial charge in [-0.25, -0.2) is 0 Å². The molecule has 0 radical (unpaired) electrons. The lowest BCUT2D eigenvalue weighted by atomic mass is 9.69. The van der Waals surface area contributed by atoms with Gasteiger partial charge in [0, 0.05) is 16.9 Å². The zero-order valence-electron chi connectivity index (χ0n) is 30.9. The van der Waals surface area contributed by atoms with Crippen molar-refractivity contribution in [2.75, 3.05) is 4.90 Å². The second kappa shape index (κ2) is 12.3. The molecule has 0 amide bonds. The average Bonchev–Trinajstić information content (AvgIpc) is 3.68. The molecule has 8 aromatic rings. The molecule has 0 aromatic heterocycles. The minimum Gasteiger partial charge on any atom is -0.310 e. The smallest absolute Gasteiger partial charge is 0.0725 e. The molecule has 1 spiro atoms. The highest BCUT2D eigenvalue weighted by Crippen LogP contribution is 2.63. The molecule has 1 nitrogen and oxygen atoms in total. The molecule has 0 fully saturated rings. The van der Waals surface area contributed by atoms with Crippen LogP contribution in [0.25, 0.3) is 44.5 Å². The van der Waals surface area contributed by atoms with E-state index in [2.05, 4.69) is 220 Å². The first-order chi connectivity index (χ1) is 26.4. The van der Waals surface area contributed by atoms with Gasteiger partial charge in [-0.2, -0.15) is 0 Å². The Hall–Kier alpha value is -6.44. The number of rotatable bonds is 5. The second-order valence-electron chi connectivity index (χ2n) is 15.7. The first-order valence-electron chi connectivity index (χ1n) is 19.0. The third kappa shape index (κ3) is 4.85. The van der Waals surface area contributed by atoms with Crippen LogP contribution in [0.3, 0.4) is 0 Å². The largest absolute Gasteiger partial charge is 0.310 e. The Balaban J connectivity index is 1.23. The Kier molecular flexibility index (Phi) is 7.35. The molecule has 0 heterocycles. The normalized spacial score (nSPS) is 13.2. The van der Waals surface area contributed by atoms with Crippen molar-refractivity contribution in [2.24, 2.45) is 0 Å². The van der Waals surface area contributed by atoms with Gasteiger partial charge in [0.05, 0.1) is 11.1 Å². The number of benzene rings is 8. The lowest BCUT2D eigenvalue weighted by molar-refractivity contribution is 0.588. The lowest BCUT2D eigenvalue weighted by Crippen LogP contribution is -2.26. The molecule has 0 N–H and O–H groups in total. The third-order valence-electron chi connectivity index (χ3n) is 11.7. The first kappa shape index (κ1) is 32.2. The molecular weight excluding hydrogens is 651 g/mol. The Labute approximate surface area is 318 Å². The van der Waals surface area contributed by atoms with Gasteiger partial charge in [-0.15, -0.1) is 0 Å². The second-order valence-corrected chi connectivity index (χ2v) is 15.7. The van der Waals surface area contributed by atoms with E-state index in [4.69, 9.17) is 0 Å². The van der Waals surface area contributed by atoms with Gasteiger partial charge >= 0.3 is 0 Å². The number of hydrogen-bond acceptors (Lipinski definition) is 1. The minimum atomic E-state index is -0.401. The summed E-state index contributed by atoms with van der Waals surface area (Å²) in [6.45, 7) is 6.97. The van der Waals surface area contributed by atoms with Crippen LogP contribution in [0.2, 0.25) is 0 Å². The van der Waals surface area contributed by atoms with E-state index in [1.807, 2.05) is 0 Å².